The largest absolute Gasteiger partial charge is 0.497 e. The fourth-order valence-corrected chi connectivity index (χ4v) is 2.34. The molecule has 0 bridgehead atoms. The van der Waals surface area contributed by atoms with E-state index in [1.54, 1.807) is 37.5 Å². The van der Waals surface area contributed by atoms with Crippen LogP contribution in [-0.4, -0.2) is 36.3 Å². The van der Waals surface area contributed by atoms with Gasteiger partial charge in [-0.3, -0.25) is 10.1 Å². The molecule has 0 aliphatic heterocycles. The van der Waals surface area contributed by atoms with Gasteiger partial charge in [0.05, 0.1) is 25.5 Å². The lowest BCUT2D eigenvalue weighted by molar-refractivity contribution is -0.115. The van der Waals surface area contributed by atoms with Gasteiger partial charge in [-0.2, -0.15) is 0 Å². The van der Waals surface area contributed by atoms with E-state index in [1.165, 1.54) is 31.4 Å². The fourth-order valence-electron chi connectivity index (χ4n) is 2.13. The Bertz CT molecular complexity index is 878. The maximum absolute atomic E-state index is 12.0. The SMILES string of the molecule is COc1ccc(/C=C/C(=O)NC(=S)Nc2cc(C(=O)O)ccc2OC)cc1. The molecule has 0 aliphatic carbocycles. The number of thiocarbonyl (C=S) groups is 1. The van der Waals surface area contributed by atoms with Crippen LogP contribution in [0.15, 0.2) is 48.5 Å². The van der Waals surface area contributed by atoms with Gasteiger partial charge >= 0.3 is 5.97 Å². The number of carboxylic acid groups (broad SMARTS) is 1. The maximum atomic E-state index is 12.0. The Morgan fingerprint density at radius 2 is 1.78 bits per heavy atom. The Balaban J connectivity index is 2.00. The first-order valence-electron chi connectivity index (χ1n) is 7.78. The van der Waals surface area contributed by atoms with E-state index in [9.17, 15) is 9.59 Å². The number of hydrogen-bond donors (Lipinski definition) is 3. The number of carbonyl (C=O) groups excluding carboxylic acids is 1. The number of rotatable bonds is 6. The molecule has 0 unspecified atom stereocenters. The summed E-state index contributed by atoms with van der Waals surface area (Å²) in [5.41, 5.74) is 1.22. The molecule has 0 atom stereocenters. The van der Waals surface area contributed by atoms with Crippen molar-refractivity contribution in [1.82, 2.24) is 5.32 Å². The van der Waals surface area contributed by atoms with E-state index in [4.69, 9.17) is 26.8 Å². The van der Waals surface area contributed by atoms with Crippen LogP contribution in [0, 0.1) is 0 Å². The second-order valence-corrected chi connectivity index (χ2v) is 5.68. The molecule has 2 aromatic carbocycles. The number of carboxylic acids is 1. The van der Waals surface area contributed by atoms with Crippen molar-refractivity contribution in [1.29, 1.82) is 0 Å². The molecule has 0 aliphatic rings. The van der Waals surface area contributed by atoms with Crippen LogP contribution >= 0.6 is 12.2 Å². The summed E-state index contributed by atoms with van der Waals surface area (Å²) < 4.78 is 10.2. The Morgan fingerprint density at radius 3 is 2.37 bits per heavy atom. The molecule has 0 spiro atoms. The van der Waals surface area contributed by atoms with E-state index < -0.39 is 11.9 Å². The van der Waals surface area contributed by atoms with Gasteiger partial charge < -0.3 is 19.9 Å². The van der Waals surface area contributed by atoms with Crippen LogP contribution in [0.4, 0.5) is 5.69 Å². The number of methoxy groups -OCH3 is 2. The van der Waals surface area contributed by atoms with Gasteiger partial charge in [0.1, 0.15) is 11.5 Å². The topological polar surface area (TPSA) is 96.9 Å². The highest BCUT2D eigenvalue weighted by Gasteiger charge is 2.11. The number of nitrogens with one attached hydrogen (secondary N) is 2. The Kier molecular flexibility index (Phi) is 6.90. The van der Waals surface area contributed by atoms with Crippen molar-refractivity contribution < 1.29 is 24.2 Å². The summed E-state index contributed by atoms with van der Waals surface area (Å²) in [5.74, 6) is -0.403. The third-order valence-corrected chi connectivity index (χ3v) is 3.68. The molecule has 0 saturated carbocycles. The van der Waals surface area contributed by atoms with Gasteiger partial charge in [0.25, 0.3) is 0 Å². The molecule has 0 fully saturated rings. The number of anilines is 1. The van der Waals surface area contributed by atoms with Gasteiger partial charge in [0, 0.05) is 6.08 Å². The summed E-state index contributed by atoms with van der Waals surface area (Å²) in [4.78, 5) is 23.1. The molecule has 0 heterocycles. The summed E-state index contributed by atoms with van der Waals surface area (Å²) in [5, 5.41) is 14.3. The van der Waals surface area contributed by atoms with E-state index in [2.05, 4.69) is 10.6 Å². The minimum Gasteiger partial charge on any atom is -0.497 e. The van der Waals surface area contributed by atoms with Crippen LogP contribution in [-0.2, 0) is 4.79 Å². The van der Waals surface area contributed by atoms with Crippen molar-refractivity contribution in [3.05, 3.63) is 59.7 Å². The van der Waals surface area contributed by atoms with Crippen molar-refractivity contribution in [2.75, 3.05) is 19.5 Å². The van der Waals surface area contributed by atoms with Crippen molar-refractivity contribution in [2.24, 2.45) is 0 Å². The standard InChI is InChI=1S/C19H18N2O5S/c1-25-14-7-3-12(4-8-14)5-10-17(22)21-19(27)20-15-11-13(18(23)24)6-9-16(15)26-2/h3-11H,1-2H3,(H,23,24)(H2,20,21,22,27)/b10-5+. The molecular weight excluding hydrogens is 368 g/mol. The summed E-state index contributed by atoms with van der Waals surface area (Å²) in [6, 6.07) is 11.5. The third-order valence-electron chi connectivity index (χ3n) is 3.47. The maximum Gasteiger partial charge on any atom is 0.335 e. The molecule has 140 valence electrons. The van der Waals surface area contributed by atoms with Crippen molar-refractivity contribution in [2.45, 2.75) is 0 Å². The number of carbonyl (C=O) groups is 2. The van der Waals surface area contributed by atoms with Crippen LogP contribution in [0.5, 0.6) is 11.5 Å². The smallest absolute Gasteiger partial charge is 0.335 e. The first kappa shape index (κ1) is 19.9. The zero-order chi connectivity index (χ0) is 19.8. The van der Waals surface area contributed by atoms with E-state index in [-0.39, 0.29) is 10.7 Å². The monoisotopic (exact) mass is 386 g/mol. The van der Waals surface area contributed by atoms with Gasteiger partial charge in [0.2, 0.25) is 5.91 Å². The molecule has 8 heteroatoms. The van der Waals surface area contributed by atoms with Gasteiger partial charge in [-0.15, -0.1) is 0 Å². The molecule has 0 radical (unpaired) electrons. The molecular formula is C19H18N2O5S. The number of hydrogen-bond acceptors (Lipinski definition) is 5. The molecule has 7 nitrogen and oxygen atoms in total. The second-order valence-electron chi connectivity index (χ2n) is 5.27. The Hall–Kier alpha value is -3.39. The quantitative estimate of drug-likeness (QED) is 0.519. The first-order valence-corrected chi connectivity index (χ1v) is 8.19. The lowest BCUT2D eigenvalue weighted by Gasteiger charge is -2.12. The lowest BCUT2D eigenvalue weighted by atomic mass is 10.2. The molecule has 0 aromatic heterocycles. The summed E-state index contributed by atoms with van der Waals surface area (Å²) in [6.45, 7) is 0. The van der Waals surface area contributed by atoms with E-state index in [0.29, 0.717) is 11.4 Å². The zero-order valence-electron chi connectivity index (χ0n) is 14.7. The molecule has 27 heavy (non-hydrogen) atoms. The van der Waals surface area contributed by atoms with Crippen molar-refractivity contribution in [3.8, 4) is 11.5 Å². The molecule has 1 amide bonds. The highest BCUT2D eigenvalue weighted by molar-refractivity contribution is 7.80. The van der Waals surface area contributed by atoms with Gasteiger partial charge in [-0.25, -0.2) is 4.79 Å². The fraction of sp³-hybridized carbons (Fsp3) is 0.105. The summed E-state index contributed by atoms with van der Waals surface area (Å²) in [7, 11) is 3.02. The van der Waals surface area contributed by atoms with E-state index in [1.807, 2.05) is 0 Å². The average molecular weight is 386 g/mol. The number of benzene rings is 2. The lowest BCUT2D eigenvalue weighted by Crippen LogP contribution is -2.33. The molecule has 0 saturated heterocycles. The van der Waals surface area contributed by atoms with Crippen molar-refractivity contribution >= 4 is 41.0 Å². The van der Waals surface area contributed by atoms with Crippen LogP contribution in [0.2, 0.25) is 0 Å². The number of ether oxygens (including phenoxy) is 2. The van der Waals surface area contributed by atoms with Crippen LogP contribution in [0.3, 0.4) is 0 Å². The second kappa shape index (κ2) is 9.35. The highest BCUT2D eigenvalue weighted by atomic mass is 32.1. The van der Waals surface area contributed by atoms with Crippen molar-refractivity contribution in [3.63, 3.8) is 0 Å². The van der Waals surface area contributed by atoms with Gasteiger partial charge in [-0.05, 0) is 54.2 Å². The number of aromatic carboxylic acids is 1. The minimum absolute atomic E-state index is 0.0141. The normalized spacial score (nSPS) is 10.3. The predicted molar refractivity (Wildman–Crippen MR) is 106 cm³/mol. The molecule has 3 N–H and O–H groups in total. The predicted octanol–water partition coefficient (Wildman–Crippen LogP) is 2.93. The van der Waals surface area contributed by atoms with Crippen LogP contribution in [0.25, 0.3) is 6.08 Å². The highest BCUT2D eigenvalue weighted by Crippen LogP contribution is 2.25. The minimum atomic E-state index is -1.09. The summed E-state index contributed by atoms with van der Waals surface area (Å²) >= 11 is 5.10. The Labute approximate surface area is 161 Å². The average Bonchev–Trinajstić information content (AvgIpc) is 2.66. The van der Waals surface area contributed by atoms with Gasteiger partial charge in [0.15, 0.2) is 5.11 Å². The third kappa shape index (κ3) is 5.82. The van der Waals surface area contributed by atoms with E-state index >= 15 is 0 Å². The first-order chi connectivity index (χ1) is 12.9. The number of amides is 1. The van der Waals surface area contributed by atoms with Crippen LogP contribution < -0.4 is 20.1 Å². The molecule has 2 aromatic rings. The summed E-state index contributed by atoms with van der Waals surface area (Å²) in [6.07, 6.45) is 2.96. The van der Waals surface area contributed by atoms with Gasteiger partial charge in [-0.1, -0.05) is 12.1 Å². The van der Waals surface area contributed by atoms with E-state index in [0.717, 1.165) is 11.3 Å². The molecule has 2 rings (SSSR count). The van der Waals surface area contributed by atoms with Crippen LogP contribution in [0.1, 0.15) is 15.9 Å². The Morgan fingerprint density at radius 1 is 1.07 bits per heavy atom. The zero-order valence-corrected chi connectivity index (χ0v) is 15.5.